The molecule has 0 spiro atoms. The van der Waals surface area contributed by atoms with Gasteiger partial charge < -0.3 is 14.3 Å². The van der Waals surface area contributed by atoms with Crippen molar-refractivity contribution in [3.63, 3.8) is 0 Å². The number of oxazole rings is 1. The summed E-state index contributed by atoms with van der Waals surface area (Å²) >= 11 is 0. The number of aromatic nitrogens is 1. The van der Waals surface area contributed by atoms with E-state index in [9.17, 15) is 9.59 Å². The van der Waals surface area contributed by atoms with Gasteiger partial charge in [-0.25, -0.2) is 9.78 Å². The topological polar surface area (TPSA) is 113 Å². The van der Waals surface area contributed by atoms with E-state index in [0.29, 0.717) is 22.9 Å². The van der Waals surface area contributed by atoms with Gasteiger partial charge in [0.15, 0.2) is 12.2 Å². The Morgan fingerprint density at radius 2 is 2.17 bits per heavy atom. The highest BCUT2D eigenvalue weighted by Gasteiger charge is 2.11. The molecule has 7 heteroatoms. The predicted molar refractivity (Wildman–Crippen MR) is 81.8 cm³/mol. The van der Waals surface area contributed by atoms with E-state index in [1.807, 2.05) is 6.07 Å². The molecule has 24 heavy (non-hydrogen) atoms. The first-order chi connectivity index (χ1) is 11.6. The van der Waals surface area contributed by atoms with E-state index in [4.69, 9.17) is 19.5 Å². The lowest BCUT2D eigenvalue weighted by Crippen LogP contribution is -1.98. The van der Waals surface area contributed by atoms with E-state index in [1.54, 1.807) is 6.07 Å². The summed E-state index contributed by atoms with van der Waals surface area (Å²) in [5.74, 6) is -0.584. The summed E-state index contributed by atoms with van der Waals surface area (Å²) in [5, 5.41) is 18.0. The summed E-state index contributed by atoms with van der Waals surface area (Å²) in [6, 6.07) is 10.8. The minimum atomic E-state index is -1.06. The van der Waals surface area contributed by atoms with Gasteiger partial charge in [-0.3, -0.25) is 4.79 Å². The number of carboxylic acids is 1. The molecule has 0 unspecified atom stereocenters. The lowest BCUT2D eigenvalue weighted by molar-refractivity contribution is 0.0696. The van der Waals surface area contributed by atoms with E-state index < -0.39 is 5.97 Å². The highest BCUT2D eigenvalue weighted by atomic mass is 16.5. The Labute approximate surface area is 135 Å². The number of benzene rings is 2. The summed E-state index contributed by atoms with van der Waals surface area (Å²) in [4.78, 5) is 26.0. The number of hydrogen-bond donors (Lipinski definition) is 1. The van der Waals surface area contributed by atoms with E-state index in [2.05, 4.69) is 4.98 Å². The number of rotatable bonds is 5. The molecule has 1 N–H and O–H groups in total. The van der Waals surface area contributed by atoms with E-state index in [0.717, 1.165) is 0 Å². The van der Waals surface area contributed by atoms with Crippen LogP contribution >= 0.6 is 0 Å². The van der Waals surface area contributed by atoms with Crippen molar-refractivity contribution in [3.8, 4) is 11.8 Å². The molecule has 0 saturated carbocycles. The third-order valence-corrected chi connectivity index (χ3v) is 3.29. The fraction of sp³-hybridized carbons (Fsp3) is 0.0588. The monoisotopic (exact) mass is 322 g/mol. The highest BCUT2D eigenvalue weighted by molar-refractivity contribution is 5.91. The SMILES string of the molecule is N#Cc1ccc(C=O)cc1OCc1nc2ccc(C(=O)O)cc2o1. The first-order valence-corrected chi connectivity index (χ1v) is 6.85. The molecule has 3 rings (SSSR count). The predicted octanol–water partition coefficient (Wildman–Crippen LogP) is 2.79. The van der Waals surface area contributed by atoms with Crippen LogP contribution in [0.15, 0.2) is 40.8 Å². The molecule has 2 aromatic carbocycles. The van der Waals surface area contributed by atoms with Crippen molar-refractivity contribution in [1.82, 2.24) is 4.98 Å². The van der Waals surface area contributed by atoms with Crippen LogP contribution in [0.5, 0.6) is 5.75 Å². The van der Waals surface area contributed by atoms with Gasteiger partial charge in [-0.15, -0.1) is 0 Å². The fourth-order valence-electron chi connectivity index (χ4n) is 2.13. The van der Waals surface area contributed by atoms with Crippen LogP contribution < -0.4 is 4.74 Å². The van der Waals surface area contributed by atoms with Gasteiger partial charge in [0.25, 0.3) is 0 Å². The maximum atomic E-state index is 10.9. The molecule has 0 aliphatic rings. The Bertz CT molecular complexity index is 984. The van der Waals surface area contributed by atoms with Crippen LogP contribution in [-0.4, -0.2) is 22.3 Å². The summed E-state index contributed by atoms with van der Waals surface area (Å²) in [6.07, 6.45) is 0.654. The Morgan fingerprint density at radius 3 is 2.88 bits per heavy atom. The molecule has 0 saturated heterocycles. The van der Waals surface area contributed by atoms with Gasteiger partial charge in [-0.1, -0.05) is 6.07 Å². The Balaban J connectivity index is 1.84. The van der Waals surface area contributed by atoms with Crippen LogP contribution in [0, 0.1) is 11.3 Å². The van der Waals surface area contributed by atoms with Gasteiger partial charge in [0, 0.05) is 5.56 Å². The van der Waals surface area contributed by atoms with Crippen LogP contribution in [-0.2, 0) is 6.61 Å². The van der Waals surface area contributed by atoms with Crippen molar-refractivity contribution in [2.75, 3.05) is 0 Å². The minimum Gasteiger partial charge on any atom is -0.482 e. The molecule has 0 aliphatic carbocycles. The fourth-order valence-corrected chi connectivity index (χ4v) is 2.13. The van der Waals surface area contributed by atoms with Gasteiger partial charge in [0.1, 0.15) is 23.6 Å². The van der Waals surface area contributed by atoms with Crippen molar-refractivity contribution in [1.29, 1.82) is 5.26 Å². The second kappa shape index (κ2) is 6.22. The van der Waals surface area contributed by atoms with Crippen molar-refractivity contribution in [3.05, 3.63) is 59.0 Å². The molecule has 3 aromatic rings. The molecule has 0 atom stereocenters. The number of nitrogens with zero attached hydrogens (tertiary/aromatic N) is 2. The highest BCUT2D eigenvalue weighted by Crippen LogP contribution is 2.22. The number of carbonyl (C=O) groups excluding carboxylic acids is 1. The van der Waals surface area contributed by atoms with Gasteiger partial charge >= 0.3 is 5.97 Å². The van der Waals surface area contributed by atoms with Gasteiger partial charge in [0.2, 0.25) is 5.89 Å². The van der Waals surface area contributed by atoms with Crippen LogP contribution in [0.25, 0.3) is 11.1 Å². The minimum absolute atomic E-state index is 0.0614. The van der Waals surface area contributed by atoms with E-state index in [-0.39, 0.29) is 29.4 Å². The van der Waals surface area contributed by atoms with Crippen molar-refractivity contribution in [2.45, 2.75) is 6.61 Å². The van der Waals surface area contributed by atoms with Crippen LogP contribution in [0.2, 0.25) is 0 Å². The summed E-state index contributed by atoms with van der Waals surface area (Å²) in [5.41, 5.74) is 1.59. The maximum absolute atomic E-state index is 10.9. The number of fused-ring (bicyclic) bond motifs is 1. The average Bonchev–Trinajstić information content (AvgIpc) is 3.01. The molecule has 1 aromatic heterocycles. The zero-order valence-electron chi connectivity index (χ0n) is 12.2. The quantitative estimate of drug-likeness (QED) is 0.718. The number of nitriles is 1. The molecular formula is C17H10N2O5. The van der Waals surface area contributed by atoms with Crippen LogP contribution in [0.1, 0.15) is 32.2 Å². The second-order valence-corrected chi connectivity index (χ2v) is 4.87. The van der Waals surface area contributed by atoms with Gasteiger partial charge in [0.05, 0.1) is 11.1 Å². The number of hydrogen-bond acceptors (Lipinski definition) is 6. The first kappa shape index (κ1) is 15.2. The number of carbonyl (C=O) groups is 2. The third kappa shape index (κ3) is 2.94. The smallest absolute Gasteiger partial charge is 0.335 e. The van der Waals surface area contributed by atoms with Crippen LogP contribution in [0.4, 0.5) is 0 Å². The maximum Gasteiger partial charge on any atom is 0.335 e. The van der Waals surface area contributed by atoms with Gasteiger partial charge in [-0.2, -0.15) is 5.26 Å². The van der Waals surface area contributed by atoms with E-state index >= 15 is 0 Å². The molecule has 1 heterocycles. The molecule has 7 nitrogen and oxygen atoms in total. The zero-order chi connectivity index (χ0) is 17.1. The standard InChI is InChI=1S/C17H10N2O5/c18-7-12-2-1-10(8-20)5-14(12)23-9-16-19-13-4-3-11(17(21)22)6-15(13)24-16/h1-6,8H,9H2,(H,21,22). The second-order valence-electron chi connectivity index (χ2n) is 4.87. The molecule has 0 radical (unpaired) electrons. The Hall–Kier alpha value is -3.66. The zero-order valence-corrected chi connectivity index (χ0v) is 12.2. The Kier molecular flexibility index (Phi) is 3.95. The van der Waals surface area contributed by atoms with Crippen molar-refractivity contribution in [2.24, 2.45) is 0 Å². The normalized spacial score (nSPS) is 10.3. The largest absolute Gasteiger partial charge is 0.482 e. The summed E-state index contributed by atoms with van der Waals surface area (Å²) in [7, 11) is 0. The molecule has 0 fully saturated rings. The number of aromatic carboxylic acids is 1. The summed E-state index contributed by atoms with van der Waals surface area (Å²) in [6.45, 7) is -0.0614. The molecule has 0 bridgehead atoms. The van der Waals surface area contributed by atoms with Crippen molar-refractivity contribution >= 4 is 23.4 Å². The molecule has 0 amide bonds. The summed E-state index contributed by atoms with van der Waals surface area (Å²) < 4.78 is 11.0. The lowest BCUT2D eigenvalue weighted by Gasteiger charge is -2.05. The first-order valence-electron chi connectivity index (χ1n) is 6.85. The lowest BCUT2D eigenvalue weighted by atomic mass is 10.1. The molecular weight excluding hydrogens is 312 g/mol. The molecule has 0 aliphatic heterocycles. The number of aldehydes is 1. The third-order valence-electron chi connectivity index (χ3n) is 3.29. The van der Waals surface area contributed by atoms with E-state index in [1.165, 1.54) is 30.3 Å². The van der Waals surface area contributed by atoms with Crippen molar-refractivity contribution < 1.29 is 23.8 Å². The number of ether oxygens (including phenoxy) is 1. The van der Waals surface area contributed by atoms with Crippen LogP contribution in [0.3, 0.4) is 0 Å². The number of carboxylic acid groups (broad SMARTS) is 1. The Morgan fingerprint density at radius 1 is 1.33 bits per heavy atom. The van der Waals surface area contributed by atoms with Gasteiger partial charge in [-0.05, 0) is 30.3 Å². The average molecular weight is 322 g/mol. The molecule has 118 valence electrons.